The molecule has 0 bridgehead atoms. The van der Waals surface area contributed by atoms with Crippen LogP contribution in [-0.2, 0) is 23.9 Å². The number of carboxylic acid groups (broad SMARTS) is 1. The molecule has 28 heavy (non-hydrogen) atoms. The highest BCUT2D eigenvalue weighted by Gasteiger charge is 2.36. The van der Waals surface area contributed by atoms with Gasteiger partial charge in [0.2, 0.25) is 11.8 Å². The van der Waals surface area contributed by atoms with Crippen molar-refractivity contribution in [3.05, 3.63) is 0 Å². The predicted molar refractivity (Wildman–Crippen MR) is 107 cm³/mol. The number of carboxylic acids is 1. The number of carbonyl (C=O) groups excluding carboxylic acids is 3. The number of carbonyl (C=O) groups is 4. The molecule has 0 aliphatic carbocycles. The van der Waals surface area contributed by atoms with E-state index in [9.17, 15) is 24.3 Å². The van der Waals surface area contributed by atoms with Crippen LogP contribution in [0.5, 0.6) is 0 Å². The Balaban J connectivity index is 5.33. The molecule has 0 aromatic rings. The molecule has 1 unspecified atom stereocenters. The number of amides is 2. The number of rotatable bonds is 16. The van der Waals surface area contributed by atoms with E-state index in [0.29, 0.717) is 19.3 Å². The first kappa shape index (κ1) is 26.1. The predicted octanol–water partition coefficient (Wildman–Crippen LogP) is 4.08. The lowest BCUT2D eigenvalue weighted by atomic mass is 10.1. The van der Waals surface area contributed by atoms with Gasteiger partial charge in [-0.2, -0.15) is 0 Å². The maximum atomic E-state index is 12.7. The van der Waals surface area contributed by atoms with Crippen LogP contribution < -0.4 is 0 Å². The molecule has 0 saturated carbocycles. The Morgan fingerprint density at radius 3 is 1.68 bits per heavy atom. The number of hydrogen-bond acceptors (Lipinski definition) is 5. The minimum Gasteiger partial charge on any atom is -0.481 e. The summed E-state index contributed by atoms with van der Waals surface area (Å²) in [5.41, 5.74) is 0. The number of aliphatic carboxylic acids is 1. The molecule has 0 aliphatic heterocycles. The molecule has 0 aromatic heterocycles. The fourth-order valence-corrected chi connectivity index (χ4v) is 2.88. The van der Waals surface area contributed by atoms with Crippen LogP contribution in [0.25, 0.3) is 0 Å². The van der Waals surface area contributed by atoms with Crippen LogP contribution in [0, 0.1) is 0 Å². The lowest BCUT2D eigenvalue weighted by Crippen LogP contribution is -2.50. The molecule has 7 nitrogen and oxygen atoms in total. The normalized spacial score (nSPS) is 11.7. The smallest absolute Gasteiger partial charge is 0.329 e. The summed E-state index contributed by atoms with van der Waals surface area (Å²) in [5, 5.41) is 9.21. The van der Waals surface area contributed by atoms with E-state index >= 15 is 0 Å². The lowest BCUT2D eigenvalue weighted by molar-refractivity contribution is -0.164. The maximum Gasteiger partial charge on any atom is 0.329 e. The Kier molecular flexibility index (Phi) is 15.0. The molecule has 0 fully saturated rings. The zero-order valence-corrected chi connectivity index (χ0v) is 17.7. The summed E-state index contributed by atoms with van der Waals surface area (Å²) in [6.07, 6.45) is 7.09. The lowest BCUT2D eigenvalue weighted by Gasteiger charge is -2.28. The van der Waals surface area contributed by atoms with Gasteiger partial charge >= 0.3 is 11.9 Å². The average molecular weight is 400 g/mol. The fourth-order valence-electron chi connectivity index (χ4n) is 2.88. The van der Waals surface area contributed by atoms with Gasteiger partial charge in [0.15, 0.2) is 0 Å². The molecule has 2 amide bonds. The van der Waals surface area contributed by atoms with E-state index in [4.69, 9.17) is 4.74 Å². The second-order valence-corrected chi connectivity index (χ2v) is 7.06. The van der Waals surface area contributed by atoms with Gasteiger partial charge in [0.05, 0.1) is 13.0 Å². The Morgan fingerprint density at radius 2 is 1.29 bits per heavy atom. The van der Waals surface area contributed by atoms with Gasteiger partial charge in [-0.3, -0.25) is 19.3 Å². The Labute approximate surface area is 168 Å². The second kappa shape index (κ2) is 16.1. The van der Waals surface area contributed by atoms with Crippen molar-refractivity contribution in [2.24, 2.45) is 0 Å². The fraction of sp³-hybridized carbons (Fsp3) is 0.810. The topological polar surface area (TPSA) is 101 Å². The summed E-state index contributed by atoms with van der Waals surface area (Å²) in [4.78, 5) is 50.0. The van der Waals surface area contributed by atoms with Crippen LogP contribution >= 0.6 is 0 Å². The van der Waals surface area contributed by atoms with Crippen molar-refractivity contribution in [3.8, 4) is 0 Å². The van der Waals surface area contributed by atoms with Crippen LogP contribution in [0.3, 0.4) is 0 Å². The molecule has 0 spiro atoms. The van der Waals surface area contributed by atoms with Crippen molar-refractivity contribution in [2.45, 2.75) is 104 Å². The third-order valence-electron chi connectivity index (χ3n) is 4.43. The van der Waals surface area contributed by atoms with Gasteiger partial charge < -0.3 is 9.84 Å². The van der Waals surface area contributed by atoms with Crippen molar-refractivity contribution in [3.63, 3.8) is 0 Å². The van der Waals surface area contributed by atoms with Crippen LogP contribution in [-0.4, -0.2) is 46.4 Å². The molecule has 0 radical (unpaired) electrons. The summed E-state index contributed by atoms with van der Waals surface area (Å²) in [6, 6.07) is -1.40. The summed E-state index contributed by atoms with van der Waals surface area (Å²) >= 11 is 0. The second-order valence-electron chi connectivity index (χ2n) is 7.06. The van der Waals surface area contributed by atoms with E-state index in [0.717, 1.165) is 43.4 Å². The highest BCUT2D eigenvalue weighted by molar-refractivity contribution is 6.00. The molecule has 1 atom stereocenters. The number of ether oxygens (including phenoxy) is 1. The number of unbranched alkanes of at least 4 members (excludes halogenated alkanes) is 6. The first-order valence-electron chi connectivity index (χ1n) is 10.6. The molecule has 7 heteroatoms. The minimum absolute atomic E-state index is 0.123. The zero-order valence-electron chi connectivity index (χ0n) is 17.7. The SMILES string of the molecule is CCCCCCC(=O)N(C(=O)CCCCCC)C(CC(=O)O)C(=O)OCCC. The van der Waals surface area contributed by atoms with Gasteiger partial charge in [0.1, 0.15) is 6.04 Å². The van der Waals surface area contributed by atoms with Crippen molar-refractivity contribution in [1.29, 1.82) is 0 Å². The van der Waals surface area contributed by atoms with Gasteiger partial charge in [-0.1, -0.05) is 59.3 Å². The summed E-state index contributed by atoms with van der Waals surface area (Å²) in [7, 11) is 0. The van der Waals surface area contributed by atoms with Crippen LogP contribution in [0.2, 0.25) is 0 Å². The molecule has 0 rings (SSSR count). The summed E-state index contributed by atoms with van der Waals surface area (Å²) in [6.45, 7) is 6.05. The summed E-state index contributed by atoms with van der Waals surface area (Å²) < 4.78 is 5.07. The maximum absolute atomic E-state index is 12.7. The molecule has 1 N–H and O–H groups in total. The Morgan fingerprint density at radius 1 is 0.786 bits per heavy atom. The van der Waals surface area contributed by atoms with Crippen molar-refractivity contribution in [1.82, 2.24) is 4.90 Å². The van der Waals surface area contributed by atoms with Gasteiger partial charge in [0, 0.05) is 12.8 Å². The van der Waals surface area contributed by atoms with Gasteiger partial charge in [0.25, 0.3) is 0 Å². The number of imide groups is 1. The van der Waals surface area contributed by atoms with Crippen LogP contribution in [0.4, 0.5) is 0 Å². The van der Waals surface area contributed by atoms with E-state index in [2.05, 4.69) is 13.8 Å². The van der Waals surface area contributed by atoms with E-state index in [1.165, 1.54) is 0 Å². The zero-order chi connectivity index (χ0) is 21.4. The summed E-state index contributed by atoms with van der Waals surface area (Å²) in [5.74, 6) is -3.05. The molecule has 0 saturated heterocycles. The highest BCUT2D eigenvalue weighted by atomic mass is 16.5. The van der Waals surface area contributed by atoms with E-state index in [1.807, 2.05) is 6.92 Å². The largest absolute Gasteiger partial charge is 0.481 e. The third kappa shape index (κ3) is 11.0. The van der Waals surface area contributed by atoms with E-state index in [-0.39, 0.29) is 19.4 Å². The molecule has 162 valence electrons. The average Bonchev–Trinajstić information content (AvgIpc) is 2.65. The van der Waals surface area contributed by atoms with Gasteiger partial charge in [-0.25, -0.2) is 4.79 Å². The molecular formula is C21H37NO6. The quantitative estimate of drug-likeness (QED) is 0.310. The number of nitrogens with zero attached hydrogens (tertiary/aromatic N) is 1. The van der Waals surface area contributed by atoms with Gasteiger partial charge in [-0.15, -0.1) is 0 Å². The number of hydrogen-bond donors (Lipinski definition) is 1. The molecule has 0 heterocycles. The highest BCUT2D eigenvalue weighted by Crippen LogP contribution is 2.16. The van der Waals surface area contributed by atoms with Crippen LogP contribution in [0.15, 0.2) is 0 Å². The molecule has 0 aromatic carbocycles. The number of esters is 1. The molecule has 0 aliphatic rings. The van der Waals surface area contributed by atoms with E-state index < -0.39 is 36.2 Å². The molecular weight excluding hydrogens is 362 g/mol. The first-order chi connectivity index (χ1) is 13.4. The monoisotopic (exact) mass is 399 g/mol. The minimum atomic E-state index is -1.40. The van der Waals surface area contributed by atoms with Gasteiger partial charge in [-0.05, 0) is 19.3 Å². The van der Waals surface area contributed by atoms with Crippen LogP contribution in [0.1, 0.15) is 97.8 Å². The van der Waals surface area contributed by atoms with Crippen molar-refractivity contribution in [2.75, 3.05) is 6.61 Å². The standard InChI is InChI=1S/C21H37NO6/c1-4-7-9-11-13-18(23)22(19(24)14-12-10-8-5-2)17(16-20(25)26)21(27)28-15-6-3/h17H,4-16H2,1-3H3,(H,25,26). The first-order valence-corrected chi connectivity index (χ1v) is 10.6. The Hall–Kier alpha value is -1.92. The third-order valence-corrected chi connectivity index (χ3v) is 4.43. The van der Waals surface area contributed by atoms with Crippen molar-refractivity contribution >= 4 is 23.8 Å². The van der Waals surface area contributed by atoms with E-state index in [1.54, 1.807) is 0 Å². The van der Waals surface area contributed by atoms with Crippen molar-refractivity contribution < 1.29 is 29.0 Å². The Bertz CT molecular complexity index is 467.